The van der Waals surface area contributed by atoms with E-state index >= 15 is 0 Å². The molecule has 5 rings (SSSR count). The molecule has 3 heterocycles. The standard InChI is InChI=1S/C12H10O4/c13-12-15-10-8-6-4-1-2-5(3-4)7(6)9(14-8)11(10)16-12/h4-7H,1-3H2. The van der Waals surface area contributed by atoms with Gasteiger partial charge in [0.05, 0.1) is 0 Å². The molecule has 2 fully saturated rings. The lowest BCUT2D eigenvalue weighted by Gasteiger charge is -2.23. The Morgan fingerprint density at radius 1 is 0.875 bits per heavy atom. The Kier molecular flexibility index (Phi) is 1.04. The summed E-state index contributed by atoms with van der Waals surface area (Å²) in [5.41, 5.74) is 1.16. The molecule has 0 N–H and O–H groups in total. The van der Waals surface area contributed by atoms with Crippen LogP contribution in [-0.4, -0.2) is 0 Å². The highest BCUT2D eigenvalue weighted by Gasteiger charge is 2.57. The summed E-state index contributed by atoms with van der Waals surface area (Å²) >= 11 is 0. The van der Waals surface area contributed by atoms with Gasteiger partial charge in [-0.05, 0) is 31.1 Å². The molecule has 4 atom stereocenters. The third-order valence-electron chi connectivity index (χ3n) is 4.77. The molecule has 4 nitrogen and oxygen atoms in total. The normalized spacial score (nSPS) is 38.8. The minimum Gasteiger partial charge on any atom is -0.457 e. The molecule has 2 aromatic heterocycles. The maximum Gasteiger partial charge on any atom is 0.519 e. The predicted molar refractivity (Wildman–Crippen MR) is 53.3 cm³/mol. The zero-order valence-electron chi connectivity index (χ0n) is 8.56. The molecule has 0 radical (unpaired) electrons. The van der Waals surface area contributed by atoms with Crippen LogP contribution in [0.5, 0.6) is 0 Å². The van der Waals surface area contributed by atoms with Crippen LogP contribution < -0.4 is 5.82 Å². The Morgan fingerprint density at radius 3 is 2.00 bits per heavy atom. The van der Waals surface area contributed by atoms with Crippen LogP contribution in [0.1, 0.15) is 42.6 Å². The summed E-state index contributed by atoms with van der Waals surface area (Å²) in [6, 6.07) is 0. The summed E-state index contributed by atoms with van der Waals surface area (Å²) in [6.07, 6.45) is 3.90. The van der Waals surface area contributed by atoms with Crippen molar-refractivity contribution in [3.05, 3.63) is 22.1 Å². The Morgan fingerprint density at radius 2 is 1.44 bits per heavy atom. The van der Waals surface area contributed by atoms with Crippen LogP contribution in [-0.2, 0) is 0 Å². The van der Waals surface area contributed by atoms with E-state index in [1.54, 1.807) is 0 Å². The first-order chi connectivity index (χ1) is 7.83. The molecule has 4 unspecified atom stereocenters. The van der Waals surface area contributed by atoms with Gasteiger partial charge in [-0.3, -0.25) is 0 Å². The molecule has 16 heavy (non-hydrogen) atoms. The van der Waals surface area contributed by atoms with E-state index in [1.165, 1.54) is 19.3 Å². The van der Waals surface area contributed by atoms with Gasteiger partial charge < -0.3 is 13.3 Å². The van der Waals surface area contributed by atoms with Gasteiger partial charge in [-0.1, -0.05) is 0 Å². The van der Waals surface area contributed by atoms with Gasteiger partial charge in [0, 0.05) is 11.8 Å². The second-order valence-corrected chi connectivity index (χ2v) is 5.33. The second-order valence-electron chi connectivity index (χ2n) is 5.33. The van der Waals surface area contributed by atoms with Gasteiger partial charge in [-0.15, -0.1) is 0 Å². The zero-order valence-corrected chi connectivity index (χ0v) is 8.56. The van der Waals surface area contributed by atoms with Crippen molar-refractivity contribution < 1.29 is 13.3 Å². The summed E-state index contributed by atoms with van der Waals surface area (Å²) in [5, 5.41) is 0. The summed E-state index contributed by atoms with van der Waals surface area (Å²) in [7, 11) is 0. The third-order valence-corrected chi connectivity index (χ3v) is 4.77. The lowest BCUT2D eigenvalue weighted by molar-refractivity contribution is 0.376. The monoisotopic (exact) mass is 218 g/mol. The highest BCUT2D eigenvalue weighted by atomic mass is 16.6. The molecule has 2 aliphatic carbocycles. The topological polar surface area (TPSA) is 56.5 Å². The maximum absolute atomic E-state index is 11.1. The van der Waals surface area contributed by atoms with E-state index in [-0.39, 0.29) is 0 Å². The summed E-state index contributed by atoms with van der Waals surface area (Å²) in [6.45, 7) is 0. The SMILES string of the molecule is O=c1oc2c3oc(c2o1)C1C2CCC(C2)C31. The first-order valence-corrected chi connectivity index (χ1v) is 5.89. The fourth-order valence-electron chi connectivity index (χ4n) is 4.30. The van der Waals surface area contributed by atoms with E-state index in [1.807, 2.05) is 0 Å². The fourth-order valence-corrected chi connectivity index (χ4v) is 4.30. The van der Waals surface area contributed by atoms with E-state index in [4.69, 9.17) is 13.3 Å². The molecule has 2 aromatic rings. The molecule has 2 saturated carbocycles. The van der Waals surface area contributed by atoms with Crippen LogP contribution in [0.25, 0.3) is 11.2 Å². The van der Waals surface area contributed by atoms with Gasteiger partial charge in [0.15, 0.2) is 11.5 Å². The maximum atomic E-state index is 11.1. The number of hydrogen-bond donors (Lipinski definition) is 0. The first-order valence-electron chi connectivity index (χ1n) is 5.89. The van der Waals surface area contributed by atoms with Crippen molar-refractivity contribution in [1.29, 1.82) is 0 Å². The quantitative estimate of drug-likeness (QED) is 0.681. The smallest absolute Gasteiger partial charge is 0.457 e. The molecule has 82 valence electrons. The molecule has 1 aliphatic heterocycles. The van der Waals surface area contributed by atoms with E-state index in [0.717, 1.165) is 23.4 Å². The van der Waals surface area contributed by atoms with E-state index in [9.17, 15) is 4.79 Å². The molecule has 0 aromatic carbocycles. The van der Waals surface area contributed by atoms with Crippen LogP contribution in [0.2, 0.25) is 0 Å². The van der Waals surface area contributed by atoms with E-state index in [0.29, 0.717) is 23.0 Å². The van der Waals surface area contributed by atoms with Crippen LogP contribution in [0.4, 0.5) is 0 Å². The highest BCUT2D eigenvalue weighted by molar-refractivity contribution is 5.79. The molecule has 3 aliphatic rings. The first kappa shape index (κ1) is 7.76. The van der Waals surface area contributed by atoms with Crippen molar-refractivity contribution in [1.82, 2.24) is 0 Å². The molecular weight excluding hydrogens is 208 g/mol. The Balaban J connectivity index is 1.88. The largest absolute Gasteiger partial charge is 0.519 e. The number of furan rings is 1. The molecule has 0 saturated heterocycles. The lowest BCUT2D eigenvalue weighted by Crippen LogP contribution is -2.16. The minimum absolute atomic E-state index is 0.474. The third kappa shape index (κ3) is 0.630. The van der Waals surface area contributed by atoms with Gasteiger partial charge in [0.25, 0.3) is 0 Å². The van der Waals surface area contributed by atoms with E-state index in [2.05, 4.69) is 0 Å². The number of hydrogen-bond acceptors (Lipinski definition) is 4. The highest BCUT2D eigenvalue weighted by Crippen LogP contribution is 2.66. The minimum atomic E-state index is -0.601. The van der Waals surface area contributed by atoms with Crippen LogP contribution >= 0.6 is 0 Å². The average molecular weight is 218 g/mol. The van der Waals surface area contributed by atoms with Gasteiger partial charge in [-0.25, -0.2) is 4.79 Å². The fraction of sp³-hybridized carbons (Fsp3) is 0.583. The second kappa shape index (κ2) is 2.14. The summed E-state index contributed by atoms with van der Waals surface area (Å²) in [5.74, 6) is 3.58. The lowest BCUT2D eigenvalue weighted by atomic mass is 9.76. The van der Waals surface area contributed by atoms with Crippen LogP contribution in [0.3, 0.4) is 0 Å². The number of rotatable bonds is 0. The van der Waals surface area contributed by atoms with Gasteiger partial charge in [-0.2, -0.15) is 0 Å². The Hall–Kier alpha value is -1.45. The summed E-state index contributed by atoms with van der Waals surface area (Å²) < 4.78 is 15.9. The zero-order chi connectivity index (χ0) is 10.4. The molecule has 0 amide bonds. The molecule has 0 spiro atoms. The predicted octanol–water partition coefficient (Wildman–Crippen LogP) is 2.59. The van der Waals surface area contributed by atoms with E-state index < -0.39 is 5.82 Å². The van der Waals surface area contributed by atoms with Crippen molar-refractivity contribution in [2.24, 2.45) is 11.8 Å². The number of fused-ring (bicyclic) bond motifs is 12. The van der Waals surface area contributed by atoms with Crippen molar-refractivity contribution in [2.45, 2.75) is 31.1 Å². The van der Waals surface area contributed by atoms with Crippen molar-refractivity contribution in [2.75, 3.05) is 0 Å². The Bertz CT molecular complexity index is 607. The van der Waals surface area contributed by atoms with Crippen LogP contribution in [0, 0.1) is 11.8 Å². The Labute approximate surface area is 90.2 Å². The van der Waals surface area contributed by atoms with Gasteiger partial charge >= 0.3 is 5.82 Å². The summed E-state index contributed by atoms with van der Waals surface area (Å²) in [4.78, 5) is 11.1. The van der Waals surface area contributed by atoms with Gasteiger partial charge in [0.1, 0.15) is 0 Å². The van der Waals surface area contributed by atoms with Crippen molar-refractivity contribution in [3.63, 3.8) is 0 Å². The van der Waals surface area contributed by atoms with Crippen molar-refractivity contribution in [3.8, 4) is 0 Å². The van der Waals surface area contributed by atoms with Crippen molar-refractivity contribution >= 4 is 11.2 Å². The molecule has 4 heteroatoms. The van der Waals surface area contributed by atoms with Gasteiger partial charge in [0.2, 0.25) is 11.2 Å². The van der Waals surface area contributed by atoms with Crippen LogP contribution in [0.15, 0.2) is 18.0 Å². The molecule has 4 bridgehead atoms. The average Bonchev–Trinajstić information content (AvgIpc) is 2.98. The molecular formula is C12H10O4.